The number of thiophene rings is 1. The lowest BCUT2D eigenvalue weighted by atomic mass is 9.32. The van der Waals surface area contributed by atoms with Gasteiger partial charge in [0.1, 0.15) is 0 Å². The van der Waals surface area contributed by atoms with Crippen LogP contribution in [-0.4, -0.2) is 5.11 Å². The number of aliphatic hydroxyl groups excluding tert-OH is 1. The van der Waals surface area contributed by atoms with Gasteiger partial charge in [-0.15, -0.1) is 11.3 Å². The molecule has 3 aliphatic carbocycles. The van der Waals surface area contributed by atoms with Crippen LogP contribution in [0.4, 0.5) is 0 Å². The lowest BCUT2D eigenvalue weighted by Gasteiger charge is -2.72. The van der Waals surface area contributed by atoms with Crippen molar-refractivity contribution in [2.45, 2.75) is 30.8 Å². The van der Waals surface area contributed by atoms with Gasteiger partial charge in [-0.25, -0.2) is 0 Å². The molecule has 0 amide bonds. The van der Waals surface area contributed by atoms with E-state index < -0.39 is 0 Å². The second-order valence-electron chi connectivity index (χ2n) is 5.96. The summed E-state index contributed by atoms with van der Waals surface area (Å²) in [6, 6.07) is 14.9. The topological polar surface area (TPSA) is 20.2 Å². The zero-order valence-electron chi connectivity index (χ0n) is 10.2. The molecule has 2 bridgehead atoms. The van der Waals surface area contributed by atoms with Crippen LogP contribution in [0.3, 0.4) is 0 Å². The van der Waals surface area contributed by atoms with Gasteiger partial charge in [0, 0.05) is 10.3 Å². The van der Waals surface area contributed by atoms with Gasteiger partial charge in [0.25, 0.3) is 0 Å². The molecule has 0 aliphatic heterocycles. The molecule has 0 unspecified atom stereocenters. The molecule has 1 nitrogen and oxygen atoms in total. The molecule has 5 rings (SSSR count). The standard InChI is InChI=1S/C16H16OS/c17-14(13-7-4-8-18-13)16-9-15(10-16,11-16)12-5-2-1-3-6-12/h1-8,14,17H,9-11H2/t14-,15?,16?/m0/s1. The minimum Gasteiger partial charge on any atom is -0.387 e. The first kappa shape index (κ1) is 10.8. The third kappa shape index (κ3) is 1.25. The second kappa shape index (κ2) is 3.46. The van der Waals surface area contributed by atoms with Gasteiger partial charge in [-0.3, -0.25) is 0 Å². The predicted octanol–water partition coefficient (Wildman–Crippen LogP) is 3.90. The van der Waals surface area contributed by atoms with Crippen LogP contribution in [0.25, 0.3) is 0 Å². The molecule has 1 N–H and O–H groups in total. The van der Waals surface area contributed by atoms with Crippen molar-refractivity contribution in [1.29, 1.82) is 0 Å². The summed E-state index contributed by atoms with van der Waals surface area (Å²) in [6.07, 6.45) is 3.22. The third-order valence-corrected chi connectivity index (χ3v) is 5.77. The van der Waals surface area contributed by atoms with Crippen molar-refractivity contribution < 1.29 is 5.11 Å². The van der Waals surface area contributed by atoms with E-state index in [1.165, 1.54) is 5.56 Å². The maximum Gasteiger partial charge on any atom is 0.0938 e. The van der Waals surface area contributed by atoms with Crippen LogP contribution in [0.15, 0.2) is 47.8 Å². The van der Waals surface area contributed by atoms with E-state index >= 15 is 0 Å². The maximum atomic E-state index is 10.5. The van der Waals surface area contributed by atoms with Crippen molar-refractivity contribution in [1.82, 2.24) is 0 Å². The van der Waals surface area contributed by atoms with Crippen LogP contribution in [0.5, 0.6) is 0 Å². The van der Waals surface area contributed by atoms with E-state index in [1.807, 2.05) is 6.07 Å². The normalized spacial score (nSPS) is 34.5. The minimum atomic E-state index is -0.247. The molecular formula is C16H16OS. The first-order valence-electron chi connectivity index (χ1n) is 6.51. The third-order valence-electron chi connectivity index (χ3n) is 4.85. The monoisotopic (exact) mass is 256 g/mol. The Morgan fingerprint density at radius 1 is 1.00 bits per heavy atom. The summed E-state index contributed by atoms with van der Waals surface area (Å²) >= 11 is 1.68. The molecule has 0 radical (unpaired) electrons. The Labute approximate surface area is 111 Å². The van der Waals surface area contributed by atoms with Crippen LogP contribution in [0.1, 0.15) is 35.8 Å². The van der Waals surface area contributed by atoms with Gasteiger partial charge >= 0.3 is 0 Å². The van der Waals surface area contributed by atoms with Crippen molar-refractivity contribution in [2.24, 2.45) is 5.41 Å². The SMILES string of the molecule is O[C@@H](c1cccs1)C12CC(c3ccccc3)(C1)C2. The van der Waals surface area contributed by atoms with E-state index in [4.69, 9.17) is 0 Å². The second-order valence-corrected chi connectivity index (χ2v) is 6.94. The van der Waals surface area contributed by atoms with Crippen molar-refractivity contribution in [3.63, 3.8) is 0 Å². The molecule has 0 saturated heterocycles. The highest BCUT2D eigenvalue weighted by molar-refractivity contribution is 7.10. The van der Waals surface area contributed by atoms with Crippen molar-refractivity contribution in [3.8, 4) is 0 Å². The smallest absolute Gasteiger partial charge is 0.0938 e. The number of aliphatic hydroxyl groups is 1. The van der Waals surface area contributed by atoms with Gasteiger partial charge in [0.15, 0.2) is 0 Å². The van der Waals surface area contributed by atoms with Crippen LogP contribution in [0.2, 0.25) is 0 Å². The summed E-state index contributed by atoms with van der Waals surface area (Å²) in [5.74, 6) is 0. The van der Waals surface area contributed by atoms with Gasteiger partial charge in [0.2, 0.25) is 0 Å². The lowest BCUT2D eigenvalue weighted by Crippen LogP contribution is -2.66. The highest BCUT2D eigenvalue weighted by Crippen LogP contribution is 2.77. The zero-order chi connectivity index (χ0) is 12.2. The average Bonchev–Trinajstić information content (AvgIpc) is 2.80. The molecule has 0 spiro atoms. The highest BCUT2D eigenvalue weighted by Gasteiger charge is 2.71. The Hall–Kier alpha value is -1.12. The molecule has 92 valence electrons. The maximum absolute atomic E-state index is 10.5. The summed E-state index contributed by atoms with van der Waals surface area (Å²) in [5, 5.41) is 12.6. The Balaban J connectivity index is 1.55. The Morgan fingerprint density at radius 2 is 1.72 bits per heavy atom. The van der Waals surface area contributed by atoms with Gasteiger partial charge < -0.3 is 5.11 Å². The predicted molar refractivity (Wildman–Crippen MR) is 73.7 cm³/mol. The van der Waals surface area contributed by atoms with Crippen molar-refractivity contribution >= 4 is 11.3 Å². The van der Waals surface area contributed by atoms with E-state index in [1.54, 1.807) is 11.3 Å². The van der Waals surface area contributed by atoms with Crippen LogP contribution in [-0.2, 0) is 5.41 Å². The summed E-state index contributed by atoms with van der Waals surface area (Å²) < 4.78 is 0. The van der Waals surface area contributed by atoms with Crippen LogP contribution < -0.4 is 0 Å². The number of rotatable bonds is 3. The molecule has 3 aliphatic rings. The summed E-state index contributed by atoms with van der Waals surface area (Å²) in [7, 11) is 0. The fourth-order valence-electron chi connectivity index (χ4n) is 4.00. The molecule has 1 atom stereocenters. The Kier molecular flexibility index (Phi) is 2.07. The number of hydrogen-bond donors (Lipinski definition) is 1. The first-order chi connectivity index (χ1) is 8.74. The van der Waals surface area contributed by atoms with Gasteiger partial charge in [-0.1, -0.05) is 36.4 Å². The summed E-state index contributed by atoms with van der Waals surface area (Å²) in [6.45, 7) is 0. The van der Waals surface area contributed by atoms with Crippen molar-refractivity contribution in [3.05, 3.63) is 58.3 Å². The van der Waals surface area contributed by atoms with Gasteiger partial charge in [-0.2, -0.15) is 0 Å². The molecule has 18 heavy (non-hydrogen) atoms. The largest absolute Gasteiger partial charge is 0.387 e. The van der Waals surface area contributed by atoms with Crippen molar-refractivity contribution in [2.75, 3.05) is 0 Å². The van der Waals surface area contributed by atoms with E-state index in [0.29, 0.717) is 5.41 Å². The van der Waals surface area contributed by atoms with E-state index in [9.17, 15) is 5.11 Å². The highest BCUT2D eigenvalue weighted by atomic mass is 32.1. The molecule has 1 aromatic heterocycles. The van der Waals surface area contributed by atoms with Gasteiger partial charge in [0.05, 0.1) is 6.10 Å². The van der Waals surface area contributed by atoms with E-state index in [0.717, 1.165) is 24.1 Å². The molecule has 3 saturated carbocycles. The Morgan fingerprint density at radius 3 is 2.33 bits per heavy atom. The summed E-state index contributed by atoms with van der Waals surface area (Å²) in [4.78, 5) is 1.14. The average molecular weight is 256 g/mol. The van der Waals surface area contributed by atoms with Crippen LogP contribution >= 0.6 is 11.3 Å². The Bertz CT molecular complexity index is 538. The first-order valence-corrected chi connectivity index (χ1v) is 7.39. The van der Waals surface area contributed by atoms with E-state index in [2.05, 4.69) is 41.8 Å². The number of hydrogen-bond acceptors (Lipinski definition) is 2. The molecule has 3 fully saturated rings. The van der Waals surface area contributed by atoms with Gasteiger partial charge in [-0.05, 0) is 41.7 Å². The molecule has 1 heterocycles. The quantitative estimate of drug-likeness (QED) is 0.883. The number of benzene rings is 1. The zero-order valence-corrected chi connectivity index (χ0v) is 11.0. The molecular weight excluding hydrogens is 240 g/mol. The van der Waals surface area contributed by atoms with Crippen LogP contribution in [0, 0.1) is 5.41 Å². The molecule has 2 heteroatoms. The summed E-state index contributed by atoms with van der Waals surface area (Å²) in [5.41, 5.74) is 2.03. The minimum absolute atomic E-state index is 0.181. The molecule has 1 aromatic carbocycles. The fraction of sp³-hybridized carbons (Fsp3) is 0.375. The lowest BCUT2D eigenvalue weighted by molar-refractivity contribution is -0.209. The molecule has 2 aromatic rings. The van der Waals surface area contributed by atoms with E-state index in [-0.39, 0.29) is 11.5 Å². The fourth-order valence-corrected chi connectivity index (χ4v) is 4.85.